The largest absolute Gasteiger partial charge is 0.466 e. The Balaban J connectivity index is 1.45. The van der Waals surface area contributed by atoms with Gasteiger partial charge < -0.3 is 29.5 Å². The van der Waals surface area contributed by atoms with Crippen LogP contribution in [0.25, 0.3) is 0 Å². The molecule has 10 heteroatoms. The first-order valence-corrected chi connectivity index (χ1v) is 15.4. The maximum atomic E-state index is 14.3. The molecule has 8 rings (SSSR count). The van der Waals surface area contributed by atoms with Crippen LogP contribution >= 0.6 is 0 Å². The summed E-state index contributed by atoms with van der Waals surface area (Å²) in [7, 11) is 1.24. The number of Topliss-reactive ketones (excluding diaryl/α,β-unsaturated/α-hetero) is 1. The highest BCUT2D eigenvalue weighted by atomic mass is 16.6. The number of rotatable bonds is 4. The molecule has 0 radical (unpaired) electrons. The molecule has 1 heterocycles. The maximum Gasteiger partial charge on any atom is 0.338 e. The van der Waals surface area contributed by atoms with Gasteiger partial charge in [0.15, 0.2) is 5.78 Å². The Morgan fingerprint density at radius 1 is 1.05 bits per heavy atom. The summed E-state index contributed by atoms with van der Waals surface area (Å²) in [5.41, 5.74) is -1.19. The van der Waals surface area contributed by atoms with E-state index in [4.69, 9.17) is 14.2 Å². The first kappa shape index (κ1) is 27.7. The van der Waals surface area contributed by atoms with E-state index < -0.39 is 70.3 Å². The van der Waals surface area contributed by atoms with E-state index in [1.165, 1.54) is 21.0 Å². The van der Waals surface area contributed by atoms with Gasteiger partial charge in [-0.15, -0.1) is 0 Å². The van der Waals surface area contributed by atoms with Crippen molar-refractivity contribution in [3.05, 3.63) is 33.4 Å². The Kier molecular flexibility index (Phi) is 5.19. The lowest BCUT2D eigenvalue weighted by Gasteiger charge is -2.63. The predicted octanol–water partition coefficient (Wildman–Crippen LogP) is 1.56. The van der Waals surface area contributed by atoms with Crippen molar-refractivity contribution in [2.45, 2.75) is 70.7 Å². The Morgan fingerprint density at radius 2 is 1.77 bits per heavy atom. The summed E-state index contributed by atoms with van der Waals surface area (Å²) in [6, 6.07) is 0. The third-order valence-electron chi connectivity index (χ3n) is 13.6. The minimum atomic E-state index is -1.39. The molecule has 1 aliphatic heterocycles. The highest BCUT2D eigenvalue weighted by Crippen LogP contribution is 2.83. The Hall–Kier alpha value is -2.82. The zero-order valence-corrected chi connectivity index (χ0v) is 25.1. The second kappa shape index (κ2) is 8.06. The number of carbonyl (C=O) groups excluding carboxylic acids is 4. The van der Waals surface area contributed by atoms with Crippen molar-refractivity contribution >= 4 is 23.7 Å². The van der Waals surface area contributed by atoms with E-state index in [-0.39, 0.29) is 59.3 Å². The number of fused-ring (bicyclic) bond motifs is 7. The van der Waals surface area contributed by atoms with Gasteiger partial charge in [0.25, 0.3) is 0 Å². The monoisotopic (exact) mass is 594 g/mol. The number of carbonyl (C=O) groups is 4. The molecule has 0 bridgehead atoms. The molecule has 5 saturated carbocycles. The van der Waals surface area contributed by atoms with Crippen molar-refractivity contribution in [3.8, 4) is 0 Å². The molecular formula is C33H38O10. The summed E-state index contributed by atoms with van der Waals surface area (Å²) in [5.74, 6) is -3.84. The van der Waals surface area contributed by atoms with Crippen LogP contribution in [0.15, 0.2) is 33.4 Å². The lowest BCUT2D eigenvalue weighted by Crippen LogP contribution is -2.67. The van der Waals surface area contributed by atoms with Gasteiger partial charge in [0, 0.05) is 35.3 Å². The zero-order chi connectivity index (χ0) is 30.8. The molecule has 12 atom stereocenters. The normalized spacial score (nSPS) is 50.6. The van der Waals surface area contributed by atoms with E-state index in [9.17, 15) is 34.5 Å². The number of hydrogen-bond acceptors (Lipinski definition) is 10. The summed E-state index contributed by atoms with van der Waals surface area (Å²) in [5, 5.41) is 34.2. The van der Waals surface area contributed by atoms with E-state index in [0.717, 1.165) is 24.0 Å². The fourth-order valence-electron chi connectivity index (χ4n) is 11.7. The van der Waals surface area contributed by atoms with E-state index in [1.807, 2.05) is 6.92 Å². The van der Waals surface area contributed by atoms with Gasteiger partial charge in [-0.2, -0.15) is 0 Å². The number of methoxy groups -OCH3 is 1. The van der Waals surface area contributed by atoms with Crippen molar-refractivity contribution < 1.29 is 48.7 Å². The van der Waals surface area contributed by atoms with Gasteiger partial charge in [-0.05, 0) is 72.8 Å². The smallest absolute Gasteiger partial charge is 0.338 e. The lowest BCUT2D eigenvalue weighted by molar-refractivity contribution is -0.188. The second-order valence-corrected chi connectivity index (χ2v) is 14.8. The summed E-state index contributed by atoms with van der Waals surface area (Å²) in [6.07, 6.45) is 1.01. The molecule has 10 nitrogen and oxygen atoms in total. The minimum Gasteiger partial charge on any atom is -0.466 e. The van der Waals surface area contributed by atoms with Gasteiger partial charge in [-0.25, -0.2) is 9.59 Å². The number of esters is 3. The van der Waals surface area contributed by atoms with Crippen molar-refractivity contribution in [3.63, 3.8) is 0 Å². The van der Waals surface area contributed by atoms with Gasteiger partial charge in [-0.1, -0.05) is 19.4 Å². The van der Waals surface area contributed by atoms with Crippen molar-refractivity contribution in [2.75, 3.05) is 20.3 Å². The SMILES string of the molecule is COC(=O)C(C)=C1C(=O)C(O)C2(C)C3=C(CC4C5(OC(=O)C(COC(C)=O)=C5CC5C(O)(CO)C6CC6C54C)C13)C1CC12. The average molecular weight is 595 g/mol. The van der Waals surface area contributed by atoms with Crippen LogP contribution in [-0.2, 0) is 33.4 Å². The van der Waals surface area contributed by atoms with Crippen LogP contribution in [0.1, 0.15) is 53.4 Å². The highest BCUT2D eigenvalue weighted by molar-refractivity contribution is 6.09. The van der Waals surface area contributed by atoms with Crippen molar-refractivity contribution in [1.29, 1.82) is 0 Å². The lowest BCUT2D eigenvalue weighted by atomic mass is 9.42. The molecule has 0 aromatic carbocycles. The molecule has 3 N–H and O–H groups in total. The average Bonchev–Trinajstić information content (AvgIpc) is 3.88. The molecular weight excluding hydrogens is 556 g/mol. The van der Waals surface area contributed by atoms with E-state index in [1.54, 1.807) is 0 Å². The van der Waals surface area contributed by atoms with Crippen LogP contribution in [-0.4, -0.2) is 76.6 Å². The molecule has 0 saturated heterocycles. The Labute approximate surface area is 249 Å². The van der Waals surface area contributed by atoms with E-state index in [0.29, 0.717) is 12.0 Å². The van der Waals surface area contributed by atoms with Gasteiger partial charge in [0.05, 0.1) is 30.8 Å². The molecule has 43 heavy (non-hydrogen) atoms. The van der Waals surface area contributed by atoms with E-state index in [2.05, 4.69) is 6.92 Å². The highest BCUT2D eigenvalue weighted by Gasteiger charge is 2.84. The number of ketones is 1. The molecule has 5 fully saturated rings. The molecule has 0 aromatic heterocycles. The molecule has 1 spiro atoms. The molecule has 8 aliphatic rings. The van der Waals surface area contributed by atoms with Gasteiger partial charge >= 0.3 is 17.9 Å². The first-order chi connectivity index (χ1) is 20.2. The molecule has 0 aromatic rings. The molecule has 7 aliphatic carbocycles. The van der Waals surface area contributed by atoms with Crippen LogP contribution in [0, 0.1) is 52.3 Å². The predicted molar refractivity (Wildman–Crippen MR) is 146 cm³/mol. The van der Waals surface area contributed by atoms with Crippen molar-refractivity contribution in [1.82, 2.24) is 0 Å². The van der Waals surface area contributed by atoms with E-state index >= 15 is 0 Å². The third kappa shape index (κ3) is 2.84. The van der Waals surface area contributed by atoms with Crippen LogP contribution in [0.5, 0.6) is 0 Å². The number of aliphatic hydroxyl groups excluding tert-OH is 2. The van der Waals surface area contributed by atoms with Crippen molar-refractivity contribution in [2.24, 2.45) is 52.3 Å². The van der Waals surface area contributed by atoms with Crippen LogP contribution in [0.4, 0.5) is 0 Å². The Morgan fingerprint density at radius 3 is 2.42 bits per heavy atom. The number of aliphatic hydroxyl groups is 3. The topological polar surface area (TPSA) is 157 Å². The maximum absolute atomic E-state index is 14.3. The fourth-order valence-corrected chi connectivity index (χ4v) is 11.7. The second-order valence-electron chi connectivity index (χ2n) is 14.8. The minimum absolute atomic E-state index is 0.0655. The van der Waals surface area contributed by atoms with Gasteiger partial charge in [0.1, 0.15) is 18.3 Å². The zero-order valence-electron chi connectivity index (χ0n) is 25.1. The summed E-state index contributed by atoms with van der Waals surface area (Å²) in [6.45, 7) is 6.12. The first-order valence-electron chi connectivity index (χ1n) is 15.4. The molecule has 12 unspecified atom stereocenters. The van der Waals surface area contributed by atoms with Gasteiger partial charge in [-0.3, -0.25) is 9.59 Å². The fraction of sp³-hybridized carbons (Fsp3) is 0.697. The number of ether oxygens (including phenoxy) is 3. The Bertz CT molecular complexity index is 1550. The summed E-state index contributed by atoms with van der Waals surface area (Å²) >= 11 is 0. The van der Waals surface area contributed by atoms with Crippen LogP contribution < -0.4 is 0 Å². The number of allylic oxidation sites excluding steroid dienone is 1. The summed E-state index contributed by atoms with van der Waals surface area (Å²) < 4.78 is 17.0. The molecule has 230 valence electrons. The third-order valence-corrected chi connectivity index (χ3v) is 13.6. The summed E-state index contributed by atoms with van der Waals surface area (Å²) in [4.78, 5) is 53.2. The van der Waals surface area contributed by atoms with Crippen LogP contribution in [0.3, 0.4) is 0 Å². The molecule has 0 amide bonds. The standard InChI is InChI=1S/C33H38O10/c1-12(28(38)41-5)23-25-24-15(14-6-17(14)31(24,4)27(37)26(23)36)7-22-30(3)19-8-20(19)32(40,11-34)21(30)9-18-16(10-42-13(2)35)29(39)43-33(18,22)25/h14,17,19-22,25,27,34,37,40H,6-11H2,1-5H3. The van der Waals surface area contributed by atoms with Gasteiger partial charge in [0.2, 0.25) is 0 Å². The number of hydrogen-bond donors (Lipinski definition) is 3. The van der Waals surface area contributed by atoms with Crippen LogP contribution in [0.2, 0.25) is 0 Å². The quantitative estimate of drug-likeness (QED) is 0.189.